The summed E-state index contributed by atoms with van der Waals surface area (Å²) in [5.74, 6) is -1.70. The SMILES string of the molecule is O=Cc1cc2cccc(Cl)c2nc1-c1cc(F)ccc1C(F)(F)F.OCc1cc2cccc(Cl)c2nc1-c1cc(F)ccc1C(F)(F)F. The molecule has 2 aromatic heterocycles. The van der Waals surface area contributed by atoms with Crippen molar-refractivity contribution in [2.75, 3.05) is 0 Å². The highest BCUT2D eigenvalue weighted by molar-refractivity contribution is 6.35. The molecule has 0 aliphatic heterocycles. The lowest BCUT2D eigenvalue weighted by atomic mass is 9.98. The maximum absolute atomic E-state index is 13.6. The molecule has 0 aliphatic rings. The Morgan fingerprint density at radius 1 is 0.646 bits per heavy atom. The average Bonchev–Trinajstić information content (AvgIpc) is 3.03. The third-order valence-corrected chi connectivity index (χ3v) is 7.69. The van der Waals surface area contributed by atoms with Crippen LogP contribution in [0.2, 0.25) is 10.0 Å². The quantitative estimate of drug-likeness (QED) is 0.146. The standard InChI is InChI=1S/C17H10ClF4NO.C17H8ClF4NO/c2*18-14-3-1-2-9-6-10(8-24)15(23-16(9)14)12-7-11(19)4-5-13(12)17(20,21)22/h1-7,24H,8H2;1-8H. The summed E-state index contributed by atoms with van der Waals surface area (Å²) in [5.41, 5.74) is -2.88. The number of pyridine rings is 2. The van der Waals surface area contributed by atoms with Gasteiger partial charge in [-0.1, -0.05) is 47.5 Å². The van der Waals surface area contributed by atoms with Crippen molar-refractivity contribution >= 4 is 51.3 Å². The molecule has 246 valence electrons. The number of hydrogen-bond acceptors (Lipinski definition) is 4. The van der Waals surface area contributed by atoms with E-state index in [0.29, 0.717) is 41.3 Å². The zero-order chi connectivity index (χ0) is 35.0. The molecule has 0 saturated heterocycles. The first-order chi connectivity index (χ1) is 22.6. The van der Waals surface area contributed by atoms with Crippen LogP contribution in [0.15, 0.2) is 84.9 Å². The number of aliphatic hydroxyl groups excluding tert-OH is 1. The van der Waals surface area contributed by atoms with Gasteiger partial charge in [0.2, 0.25) is 0 Å². The van der Waals surface area contributed by atoms with Crippen LogP contribution in [-0.2, 0) is 19.0 Å². The Balaban J connectivity index is 0.000000188. The van der Waals surface area contributed by atoms with Gasteiger partial charge < -0.3 is 5.11 Å². The summed E-state index contributed by atoms with van der Waals surface area (Å²) in [7, 11) is 0. The van der Waals surface area contributed by atoms with Gasteiger partial charge in [0.25, 0.3) is 0 Å². The predicted octanol–water partition coefficient (Wildman–Crippen LogP) is 10.7. The highest BCUT2D eigenvalue weighted by Gasteiger charge is 2.36. The van der Waals surface area contributed by atoms with Gasteiger partial charge >= 0.3 is 12.4 Å². The molecule has 6 aromatic rings. The van der Waals surface area contributed by atoms with Crippen molar-refractivity contribution in [3.8, 4) is 22.5 Å². The first-order valence-corrected chi connectivity index (χ1v) is 14.4. The van der Waals surface area contributed by atoms with E-state index in [1.165, 1.54) is 18.2 Å². The summed E-state index contributed by atoms with van der Waals surface area (Å²) in [4.78, 5) is 19.6. The minimum Gasteiger partial charge on any atom is -0.392 e. The number of aromatic nitrogens is 2. The van der Waals surface area contributed by atoms with Crippen molar-refractivity contribution in [1.82, 2.24) is 9.97 Å². The van der Waals surface area contributed by atoms with E-state index in [2.05, 4.69) is 9.97 Å². The summed E-state index contributed by atoms with van der Waals surface area (Å²) in [6.07, 6.45) is -9.03. The fraction of sp³-hybridized carbons (Fsp3) is 0.0882. The predicted molar refractivity (Wildman–Crippen MR) is 166 cm³/mol. The Morgan fingerprint density at radius 3 is 1.56 bits per heavy atom. The molecule has 1 N–H and O–H groups in total. The van der Waals surface area contributed by atoms with Gasteiger partial charge in [-0.3, -0.25) is 4.79 Å². The second-order valence-electron chi connectivity index (χ2n) is 10.2. The topological polar surface area (TPSA) is 63.1 Å². The fourth-order valence-corrected chi connectivity index (χ4v) is 5.41. The van der Waals surface area contributed by atoms with E-state index in [1.54, 1.807) is 30.3 Å². The third-order valence-electron chi connectivity index (χ3n) is 7.08. The molecule has 0 radical (unpaired) electrons. The van der Waals surface area contributed by atoms with Crippen LogP contribution in [-0.4, -0.2) is 21.4 Å². The number of nitrogens with zero attached hydrogens (tertiary/aromatic N) is 2. The first kappa shape index (κ1) is 34.7. The van der Waals surface area contributed by atoms with Gasteiger partial charge in [-0.25, -0.2) is 18.7 Å². The highest BCUT2D eigenvalue weighted by Crippen LogP contribution is 2.40. The van der Waals surface area contributed by atoms with Crippen LogP contribution in [0, 0.1) is 11.6 Å². The van der Waals surface area contributed by atoms with Crippen LogP contribution >= 0.6 is 23.2 Å². The number of aldehydes is 1. The number of carbonyl (C=O) groups excluding carboxylic acids is 1. The van der Waals surface area contributed by atoms with Crippen LogP contribution in [0.1, 0.15) is 27.0 Å². The number of rotatable bonds is 4. The van der Waals surface area contributed by atoms with Gasteiger partial charge in [0.15, 0.2) is 6.29 Å². The Hall–Kier alpha value is -4.65. The Kier molecular flexibility index (Phi) is 9.72. The van der Waals surface area contributed by atoms with Gasteiger partial charge in [-0.05, 0) is 60.7 Å². The molecular formula is C34H18Cl2F8N2O2. The van der Waals surface area contributed by atoms with E-state index in [-0.39, 0.29) is 43.6 Å². The molecular weight excluding hydrogens is 691 g/mol. The summed E-state index contributed by atoms with van der Waals surface area (Å²) in [6, 6.07) is 16.7. The Morgan fingerprint density at radius 2 is 1.10 bits per heavy atom. The van der Waals surface area contributed by atoms with E-state index in [0.717, 1.165) is 12.1 Å². The molecule has 0 fully saturated rings. The Labute approximate surface area is 276 Å². The number of carbonyl (C=O) groups is 1. The number of aliphatic hydroxyl groups is 1. The number of alkyl halides is 6. The van der Waals surface area contributed by atoms with Gasteiger partial charge in [-0.2, -0.15) is 26.3 Å². The lowest BCUT2D eigenvalue weighted by Gasteiger charge is -2.15. The van der Waals surface area contributed by atoms with Crippen LogP contribution in [0.3, 0.4) is 0 Å². The van der Waals surface area contributed by atoms with Crippen molar-refractivity contribution in [2.45, 2.75) is 19.0 Å². The van der Waals surface area contributed by atoms with Crippen molar-refractivity contribution in [3.05, 3.63) is 129 Å². The second kappa shape index (κ2) is 13.5. The lowest BCUT2D eigenvalue weighted by Crippen LogP contribution is -2.09. The zero-order valence-electron chi connectivity index (χ0n) is 23.9. The molecule has 0 aliphatic carbocycles. The van der Waals surface area contributed by atoms with E-state index in [1.807, 2.05) is 0 Å². The molecule has 2 heterocycles. The zero-order valence-corrected chi connectivity index (χ0v) is 25.4. The molecule has 4 aromatic carbocycles. The molecule has 0 bridgehead atoms. The van der Waals surface area contributed by atoms with E-state index < -0.39 is 52.8 Å². The minimum absolute atomic E-state index is 0.0825. The number of benzene rings is 4. The minimum atomic E-state index is -4.72. The lowest BCUT2D eigenvalue weighted by molar-refractivity contribution is -0.138. The van der Waals surface area contributed by atoms with E-state index >= 15 is 0 Å². The van der Waals surface area contributed by atoms with Crippen molar-refractivity contribution in [2.24, 2.45) is 0 Å². The summed E-state index contributed by atoms with van der Waals surface area (Å²) < 4.78 is 107. The van der Waals surface area contributed by atoms with Crippen molar-refractivity contribution in [3.63, 3.8) is 0 Å². The van der Waals surface area contributed by atoms with Crippen molar-refractivity contribution < 1.29 is 45.0 Å². The monoisotopic (exact) mass is 708 g/mol. The number of hydrogen-bond donors (Lipinski definition) is 1. The maximum atomic E-state index is 13.6. The molecule has 14 heteroatoms. The normalized spacial score (nSPS) is 11.8. The molecule has 0 saturated carbocycles. The average molecular weight is 709 g/mol. The van der Waals surface area contributed by atoms with Crippen LogP contribution < -0.4 is 0 Å². The van der Waals surface area contributed by atoms with E-state index in [4.69, 9.17) is 23.2 Å². The van der Waals surface area contributed by atoms with Gasteiger partial charge in [0.1, 0.15) is 11.6 Å². The third kappa shape index (κ3) is 7.10. The largest absolute Gasteiger partial charge is 0.417 e. The highest BCUT2D eigenvalue weighted by atomic mass is 35.5. The number of para-hydroxylation sites is 2. The summed E-state index contributed by atoms with van der Waals surface area (Å²) in [5, 5.41) is 11.1. The fourth-order valence-electron chi connectivity index (χ4n) is 4.96. The van der Waals surface area contributed by atoms with Gasteiger partial charge in [0, 0.05) is 33.0 Å². The first-order valence-electron chi connectivity index (χ1n) is 13.6. The maximum Gasteiger partial charge on any atom is 0.417 e. The molecule has 0 atom stereocenters. The molecule has 0 unspecified atom stereocenters. The smallest absolute Gasteiger partial charge is 0.392 e. The van der Waals surface area contributed by atoms with Gasteiger partial charge in [-0.15, -0.1) is 0 Å². The van der Waals surface area contributed by atoms with Gasteiger partial charge in [0.05, 0.1) is 50.2 Å². The molecule has 0 amide bonds. The molecule has 4 nitrogen and oxygen atoms in total. The van der Waals surface area contributed by atoms with Crippen LogP contribution in [0.25, 0.3) is 44.3 Å². The van der Waals surface area contributed by atoms with Crippen LogP contribution in [0.5, 0.6) is 0 Å². The van der Waals surface area contributed by atoms with E-state index in [9.17, 15) is 45.0 Å². The summed E-state index contributed by atoms with van der Waals surface area (Å²) >= 11 is 12.1. The van der Waals surface area contributed by atoms with Crippen molar-refractivity contribution in [1.29, 1.82) is 0 Å². The second-order valence-corrected chi connectivity index (χ2v) is 11.0. The molecule has 6 rings (SSSR count). The number of fused-ring (bicyclic) bond motifs is 2. The van der Waals surface area contributed by atoms with Crippen LogP contribution in [0.4, 0.5) is 35.1 Å². The number of halogens is 10. The molecule has 48 heavy (non-hydrogen) atoms. The summed E-state index contributed by atoms with van der Waals surface area (Å²) in [6.45, 7) is -0.543. The Bertz CT molecular complexity index is 2190. The molecule has 0 spiro atoms.